The Balaban J connectivity index is 2.41. The molecule has 0 aromatic carbocycles. The molecule has 0 saturated carbocycles. The summed E-state index contributed by atoms with van der Waals surface area (Å²) in [6.07, 6.45) is -1.89. The van der Waals surface area contributed by atoms with Gasteiger partial charge in [-0.15, -0.1) is 0 Å². The van der Waals surface area contributed by atoms with Gasteiger partial charge in [0, 0.05) is 6.20 Å². The van der Waals surface area contributed by atoms with Crippen molar-refractivity contribution >= 4 is 5.69 Å². The Labute approximate surface area is 97.0 Å². The van der Waals surface area contributed by atoms with Crippen LogP contribution >= 0.6 is 0 Å². The zero-order valence-electron chi connectivity index (χ0n) is 8.50. The number of nitro groups is 1. The molecular formula is C8H4F3N5O2. The number of aromatic nitrogens is 4. The highest BCUT2D eigenvalue weighted by atomic mass is 19.4. The smallest absolute Gasteiger partial charge is 0.258 e. The number of rotatable bonds is 2. The minimum Gasteiger partial charge on any atom is -0.258 e. The summed E-state index contributed by atoms with van der Waals surface area (Å²) in [5, 5.41) is 13.9. The summed E-state index contributed by atoms with van der Waals surface area (Å²) in [4.78, 5) is 16.5. The number of alkyl halides is 3. The summed E-state index contributed by atoms with van der Waals surface area (Å²) in [5.74, 6) is -0.391. The second kappa shape index (κ2) is 4.05. The van der Waals surface area contributed by atoms with Crippen molar-refractivity contribution in [3.05, 3.63) is 40.5 Å². The molecular weight excluding hydrogens is 255 g/mol. The molecule has 7 nitrogen and oxygen atoms in total. The van der Waals surface area contributed by atoms with Crippen LogP contribution in [0.5, 0.6) is 0 Å². The van der Waals surface area contributed by atoms with Crippen molar-refractivity contribution in [2.45, 2.75) is 6.18 Å². The van der Waals surface area contributed by atoms with Crippen molar-refractivity contribution in [2.75, 3.05) is 0 Å². The van der Waals surface area contributed by atoms with Crippen molar-refractivity contribution in [3.63, 3.8) is 0 Å². The predicted molar refractivity (Wildman–Crippen MR) is 50.8 cm³/mol. The zero-order valence-corrected chi connectivity index (χ0v) is 8.50. The van der Waals surface area contributed by atoms with Crippen molar-refractivity contribution in [3.8, 4) is 5.95 Å². The molecule has 0 N–H and O–H groups in total. The normalized spacial score (nSPS) is 11.5. The van der Waals surface area contributed by atoms with Crippen LogP contribution in [0.15, 0.2) is 24.7 Å². The van der Waals surface area contributed by atoms with Crippen LogP contribution < -0.4 is 0 Å². The molecule has 0 bridgehead atoms. The fraction of sp³-hybridized carbons (Fsp3) is 0.125. The first kappa shape index (κ1) is 12.0. The molecule has 0 amide bonds. The molecule has 0 atom stereocenters. The Morgan fingerprint density at radius 3 is 2.67 bits per heavy atom. The van der Waals surface area contributed by atoms with Crippen LogP contribution in [0.3, 0.4) is 0 Å². The molecule has 0 spiro atoms. The third kappa shape index (κ3) is 2.26. The van der Waals surface area contributed by atoms with Gasteiger partial charge in [-0.2, -0.15) is 23.0 Å². The molecule has 2 rings (SSSR count). The van der Waals surface area contributed by atoms with Crippen LogP contribution in [-0.4, -0.2) is 24.7 Å². The lowest BCUT2D eigenvalue weighted by molar-refractivity contribution is -0.384. The number of nitrogens with zero attached hydrogens (tertiary/aromatic N) is 5. The summed E-state index contributed by atoms with van der Waals surface area (Å²) in [7, 11) is 0. The van der Waals surface area contributed by atoms with Crippen molar-refractivity contribution in [2.24, 2.45) is 0 Å². The number of hydrogen-bond donors (Lipinski definition) is 0. The zero-order chi connectivity index (χ0) is 13.3. The largest absolute Gasteiger partial charge is 0.433 e. The van der Waals surface area contributed by atoms with E-state index in [9.17, 15) is 23.3 Å². The molecule has 0 aliphatic heterocycles. The third-order valence-corrected chi connectivity index (χ3v) is 1.92. The molecule has 0 aliphatic rings. The van der Waals surface area contributed by atoms with E-state index in [1.54, 1.807) is 0 Å². The van der Waals surface area contributed by atoms with Crippen LogP contribution in [0, 0.1) is 10.1 Å². The molecule has 0 fully saturated rings. The average Bonchev–Trinajstić information content (AvgIpc) is 2.77. The Kier molecular flexibility index (Phi) is 2.69. The molecule has 94 valence electrons. The first-order valence-corrected chi connectivity index (χ1v) is 4.47. The van der Waals surface area contributed by atoms with Gasteiger partial charge in [-0.05, 0) is 6.07 Å². The van der Waals surface area contributed by atoms with Gasteiger partial charge in [0.1, 0.15) is 18.1 Å². The van der Waals surface area contributed by atoms with E-state index >= 15 is 0 Å². The van der Waals surface area contributed by atoms with Gasteiger partial charge >= 0.3 is 11.9 Å². The van der Waals surface area contributed by atoms with Crippen LogP contribution in [0.4, 0.5) is 18.9 Å². The Morgan fingerprint density at radius 2 is 2.11 bits per heavy atom. The molecule has 18 heavy (non-hydrogen) atoms. The summed E-state index contributed by atoms with van der Waals surface area (Å²) < 4.78 is 38.0. The SMILES string of the molecule is O=[N+]([O-])c1cnn(-c2nccc(C(F)(F)F)n2)c1. The first-order valence-electron chi connectivity index (χ1n) is 4.47. The maximum Gasteiger partial charge on any atom is 0.433 e. The van der Waals surface area contributed by atoms with Gasteiger partial charge in [0.2, 0.25) is 0 Å². The number of halogens is 3. The maximum atomic E-state index is 12.4. The van der Waals surface area contributed by atoms with Gasteiger partial charge in [-0.25, -0.2) is 9.97 Å². The number of hydrogen-bond acceptors (Lipinski definition) is 5. The van der Waals surface area contributed by atoms with Gasteiger partial charge in [0.15, 0.2) is 0 Å². The molecule has 0 radical (unpaired) electrons. The topological polar surface area (TPSA) is 86.7 Å². The van der Waals surface area contributed by atoms with E-state index in [4.69, 9.17) is 0 Å². The van der Waals surface area contributed by atoms with Gasteiger partial charge in [-0.1, -0.05) is 0 Å². The molecule has 2 aromatic rings. The Hall–Kier alpha value is -2.52. The lowest BCUT2D eigenvalue weighted by Gasteiger charge is -2.06. The summed E-state index contributed by atoms with van der Waals surface area (Å²) in [6.45, 7) is 0. The standard InChI is InChI=1S/C8H4F3N5O2/c9-8(10,11)6-1-2-12-7(14-6)15-4-5(3-13-15)16(17)18/h1-4H. The monoisotopic (exact) mass is 259 g/mol. The quantitative estimate of drug-likeness (QED) is 0.603. The minimum absolute atomic E-state index is 0.365. The van der Waals surface area contributed by atoms with Crippen molar-refractivity contribution in [1.82, 2.24) is 19.7 Å². The molecule has 2 aromatic heterocycles. The lowest BCUT2D eigenvalue weighted by Crippen LogP contribution is -2.11. The van der Waals surface area contributed by atoms with Gasteiger partial charge < -0.3 is 0 Å². The fourth-order valence-electron chi connectivity index (χ4n) is 1.13. The highest BCUT2D eigenvalue weighted by Gasteiger charge is 2.33. The van der Waals surface area contributed by atoms with E-state index in [-0.39, 0.29) is 5.69 Å². The van der Waals surface area contributed by atoms with Gasteiger partial charge in [0.25, 0.3) is 5.95 Å². The van der Waals surface area contributed by atoms with E-state index in [1.807, 2.05) is 0 Å². The highest BCUT2D eigenvalue weighted by Crippen LogP contribution is 2.27. The summed E-state index contributed by atoms with van der Waals surface area (Å²) >= 11 is 0. The average molecular weight is 259 g/mol. The Bertz CT molecular complexity index is 594. The minimum atomic E-state index is -4.61. The highest BCUT2D eigenvalue weighted by molar-refractivity contribution is 5.26. The Morgan fingerprint density at radius 1 is 1.39 bits per heavy atom. The van der Waals surface area contributed by atoms with Crippen molar-refractivity contribution in [1.29, 1.82) is 0 Å². The van der Waals surface area contributed by atoms with Crippen molar-refractivity contribution < 1.29 is 18.1 Å². The summed E-state index contributed by atoms with van der Waals surface area (Å²) in [6, 6.07) is 0.696. The second-order valence-corrected chi connectivity index (χ2v) is 3.14. The van der Waals surface area contributed by atoms with Crippen LogP contribution in [0.1, 0.15) is 5.69 Å². The summed E-state index contributed by atoms with van der Waals surface area (Å²) in [5.41, 5.74) is -1.51. The van der Waals surface area contributed by atoms with Gasteiger partial charge in [-0.3, -0.25) is 10.1 Å². The molecule has 10 heteroatoms. The molecule has 0 aliphatic carbocycles. The van der Waals surface area contributed by atoms with Crippen LogP contribution in [-0.2, 0) is 6.18 Å². The van der Waals surface area contributed by atoms with E-state index in [2.05, 4.69) is 15.1 Å². The maximum absolute atomic E-state index is 12.4. The van der Waals surface area contributed by atoms with E-state index in [0.717, 1.165) is 23.3 Å². The predicted octanol–water partition coefficient (Wildman–Crippen LogP) is 1.59. The van der Waals surface area contributed by atoms with E-state index in [0.29, 0.717) is 6.07 Å². The molecule has 0 unspecified atom stereocenters. The van der Waals surface area contributed by atoms with Crippen LogP contribution in [0.25, 0.3) is 5.95 Å². The third-order valence-electron chi connectivity index (χ3n) is 1.92. The second-order valence-electron chi connectivity index (χ2n) is 3.14. The van der Waals surface area contributed by atoms with E-state index in [1.165, 1.54) is 0 Å². The van der Waals surface area contributed by atoms with E-state index < -0.39 is 22.7 Å². The van der Waals surface area contributed by atoms with Crippen LogP contribution in [0.2, 0.25) is 0 Å². The van der Waals surface area contributed by atoms with Gasteiger partial charge in [0.05, 0.1) is 4.92 Å². The lowest BCUT2D eigenvalue weighted by atomic mass is 10.4. The first-order chi connectivity index (χ1) is 8.38. The molecule has 0 saturated heterocycles. The fourth-order valence-corrected chi connectivity index (χ4v) is 1.13. The molecule has 2 heterocycles.